The van der Waals surface area contributed by atoms with E-state index in [4.69, 9.17) is 0 Å². The van der Waals surface area contributed by atoms with Crippen LogP contribution in [-0.2, 0) is 6.54 Å². The van der Waals surface area contributed by atoms with Crippen LogP contribution in [0.25, 0.3) is 0 Å². The summed E-state index contributed by atoms with van der Waals surface area (Å²) in [5.74, 6) is 0. The molecule has 0 aliphatic heterocycles. The standard InChI is InChI=1S/C19H25NO/c1-13-5-8-17(9-6-13)12-20-16(4)19(21)18-10-7-14(2)15(3)11-18/h5-11,16,19-21H,12H2,1-4H3. The highest BCUT2D eigenvalue weighted by Crippen LogP contribution is 2.20. The average molecular weight is 283 g/mol. The fourth-order valence-electron chi connectivity index (χ4n) is 2.33. The zero-order valence-corrected chi connectivity index (χ0v) is 13.4. The predicted molar refractivity (Wildman–Crippen MR) is 88.4 cm³/mol. The minimum Gasteiger partial charge on any atom is -0.387 e. The highest BCUT2D eigenvalue weighted by atomic mass is 16.3. The number of aryl methyl sites for hydroxylation is 3. The van der Waals surface area contributed by atoms with Crippen LogP contribution < -0.4 is 5.32 Å². The molecule has 0 heterocycles. The van der Waals surface area contributed by atoms with Crippen molar-refractivity contribution < 1.29 is 5.11 Å². The normalized spacial score (nSPS) is 14.0. The van der Waals surface area contributed by atoms with Crippen LogP contribution >= 0.6 is 0 Å². The summed E-state index contributed by atoms with van der Waals surface area (Å²) in [4.78, 5) is 0. The maximum Gasteiger partial charge on any atom is 0.0940 e. The van der Waals surface area contributed by atoms with Gasteiger partial charge in [-0.3, -0.25) is 0 Å². The number of hydrogen-bond donors (Lipinski definition) is 2. The monoisotopic (exact) mass is 283 g/mol. The molecule has 0 aromatic heterocycles. The third-order valence-corrected chi connectivity index (χ3v) is 4.09. The Hall–Kier alpha value is -1.64. The first-order chi connectivity index (χ1) is 9.97. The number of benzene rings is 2. The molecule has 0 aliphatic carbocycles. The van der Waals surface area contributed by atoms with Gasteiger partial charge in [0.2, 0.25) is 0 Å². The van der Waals surface area contributed by atoms with Gasteiger partial charge in [0, 0.05) is 12.6 Å². The SMILES string of the molecule is Cc1ccc(CNC(C)C(O)c2ccc(C)c(C)c2)cc1. The molecule has 2 heteroatoms. The lowest BCUT2D eigenvalue weighted by atomic mass is 9.99. The van der Waals surface area contributed by atoms with Gasteiger partial charge in [-0.2, -0.15) is 0 Å². The van der Waals surface area contributed by atoms with E-state index in [0.29, 0.717) is 0 Å². The Labute approximate surface area is 127 Å². The molecule has 2 aromatic rings. The Balaban J connectivity index is 1.97. The van der Waals surface area contributed by atoms with Crippen LogP contribution in [0, 0.1) is 20.8 Å². The predicted octanol–water partition coefficient (Wildman–Crippen LogP) is 3.82. The zero-order chi connectivity index (χ0) is 15.4. The summed E-state index contributed by atoms with van der Waals surface area (Å²) in [5, 5.41) is 13.9. The molecule has 2 nitrogen and oxygen atoms in total. The molecule has 112 valence electrons. The quantitative estimate of drug-likeness (QED) is 0.874. The molecule has 0 fully saturated rings. The van der Waals surface area contributed by atoms with Gasteiger partial charge in [-0.1, -0.05) is 48.0 Å². The molecule has 0 spiro atoms. The molecule has 0 saturated heterocycles. The Bertz CT molecular complexity index is 589. The molecule has 0 amide bonds. The van der Waals surface area contributed by atoms with Crippen molar-refractivity contribution in [2.45, 2.75) is 46.4 Å². The van der Waals surface area contributed by atoms with Gasteiger partial charge in [0.1, 0.15) is 0 Å². The summed E-state index contributed by atoms with van der Waals surface area (Å²) in [5.41, 5.74) is 5.95. The van der Waals surface area contributed by atoms with Gasteiger partial charge >= 0.3 is 0 Å². The largest absolute Gasteiger partial charge is 0.387 e. The number of hydrogen-bond acceptors (Lipinski definition) is 2. The highest BCUT2D eigenvalue weighted by Gasteiger charge is 2.16. The third-order valence-electron chi connectivity index (χ3n) is 4.09. The number of rotatable bonds is 5. The molecule has 2 atom stereocenters. The number of aliphatic hydroxyl groups is 1. The Kier molecular flexibility index (Phi) is 5.16. The van der Waals surface area contributed by atoms with E-state index in [1.54, 1.807) is 0 Å². The van der Waals surface area contributed by atoms with Crippen molar-refractivity contribution >= 4 is 0 Å². The van der Waals surface area contributed by atoms with Crippen LogP contribution in [0.5, 0.6) is 0 Å². The average Bonchev–Trinajstić information content (AvgIpc) is 2.48. The van der Waals surface area contributed by atoms with E-state index in [9.17, 15) is 5.11 Å². The first kappa shape index (κ1) is 15.7. The number of nitrogens with one attached hydrogen (secondary N) is 1. The molecule has 2 rings (SSSR count). The van der Waals surface area contributed by atoms with Gasteiger partial charge in [0.15, 0.2) is 0 Å². The van der Waals surface area contributed by atoms with Crippen LogP contribution in [0.4, 0.5) is 0 Å². The smallest absolute Gasteiger partial charge is 0.0940 e. The van der Waals surface area contributed by atoms with Gasteiger partial charge in [-0.25, -0.2) is 0 Å². The molecule has 2 aromatic carbocycles. The first-order valence-electron chi connectivity index (χ1n) is 7.51. The van der Waals surface area contributed by atoms with Crippen molar-refractivity contribution in [3.63, 3.8) is 0 Å². The summed E-state index contributed by atoms with van der Waals surface area (Å²) in [6.45, 7) is 9.04. The van der Waals surface area contributed by atoms with E-state index >= 15 is 0 Å². The van der Waals surface area contributed by atoms with Crippen molar-refractivity contribution in [1.82, 2.24) is 5.32 Å². The van der Waals surface area contributed by atoms with Crippen LogP contribution in [-0.4, -0.2) is 11.1 Å². The molecular formula is C19H25NO. The third kappa shape index (κ3) is 4.16. The summed E-state index contributed by atoms with van der Waals surface area (Å²) in [6, 6.07) is 14.6. The molecule has 0 saturated carbocycles. The Morgan fingerprint density at radius 2 is 1.62 bits per heavy atom. The second-order valence-corrected chi connectivity index (χ2v) is 5.94. The van der Waals surface area contributed by atoms with Crippen molar-refractivity contribution in [3.05, 3.63) is 70.3 Å². The van der Waals surface area contributed by atoms with E-state index < -0.39 is 6.10 Å². The van der Waals surface area contributed by atoms with Crippen molar-refractivity contribution in [1.29, 1.82) is 0 Å². The van der Waals surface area contributed by atoms with Gasteiger partial charge in [0.25, 0.3) is 0 Å². The second kappa shape index (κ2) is 6.88. The van der Waals surface area contributed by atoms with E-state index in [1.165, 1.54) is 22.3 Å². The summed E-state index contributed by atoms with van der Waals surface area (Å²) in [6.07, 6.45) is -0.491. The maximum atomic E-state index is 10.5. The lowest BCUT2D eigenvalue weighted by molar-refractivity contribution is 0.135. The van der Waals surface area contributed by atoms with E-state index in [2.05, 4.69) is 62.5 Å². The van der Waals surface area contributed by atoms with Crippen molar-refractivity contribution in [2.24, 2.45) is 0 Å². The lowest BCUT2D eigenvalue weighted by Crippen LogP contribution is -2.31. The molecule has 0 bridgehead atoms. The first-order valence-corrected chi connectivity index (χ1v) is 7.51. The minimum atomic E-state index is -0.491. The number of aliphatic hydroxyl groups excluding tert-OH is 1. The highest BCUT2D eigenvalue weighted by molar-refractivity contribution is 5.31. The maximum absolute atomic E-state index is 10.5. The summed E-state index contributed by atoms with van der Waals surface area (Å²) < 4.78 is 0. The Morgan fingerprint density at radius 3 is 2.24 bits per heavy atom. The topological polar surface area (TPSA) is 32.3 Å². The minimum absolute atomic E-state index is 0.00779. The van der Waals surface area contributed by atoms with Crippen LogP contribution in [0.2, 0.25) is 0 Å². The second-order valence-electron chi connectivity index (χ2n) is 5.94. The summed E-state index contributed by atoms with van der Waals surface area (Å²) in [7, 11) is 0. The van der Waals surface area contributed by atoms with Gasteiger partial charge < -0.3 is 10.4 Å². The van der Waals surface area contributed by atoms with Gasteiger partial charge in [-0.15, -0.1) is 0 Å². The zero-order valence-electron chi connectivity index (χ0n) is 13.4. The molecule has 2 unspecified atom stereocenters. The molecule has 0 radical (unpaired) electrons. The fraction of sp³-hybridized carbons (Fsp3) is 0.368. The molecular weight excluding hydrogens is 258 g/mol. The van der Waals surface area contributed by atoms with E-state index in [1.807, 2.05) is 13.0 Å². The fourth-order valence-corrected chi connectivity index (χ4v) is 2.33. The van der Waals surface area contributed by atoms with Crippen LogP contribution in [0.3, 0.4) is 0 Å². The van der Waals surface area contributed by atoms with E-state index in [-0.39, 0.29) is 6.04 Å². The van der Waals surface area contributed by atoms with Gasteiger partial charge in [-0.05, 0) is 49.9 Å². The van der Waals surface area contributed by atoms with Crippen molar-refractivity contribution in [3.8, 4) is 0 Å². The Morgan fingerprint density at radius 1 is 0.952 bits per heavy atom. The molecule has 0 aliphatic rings. The molecule has 21 heavy (non-hydrogen) atoms. The lowest BCUT2D eigenvalue weighted by Gasteiger charge is -2.21. The van der Waals surface area contributed by atoms with Gasteiger partial charge in [0.05, 0.1) is 6.10 Å². The molecule has 2 N–H and O–H groups in total. The van der Waals surface area contributed by atoms with Crippen molar-refractivity contribution in [2.75, 3.05) is 0 Å². The van der Waals surface area contributed by atoms with Crippen LogP contribution in [0.15, 0.2) is 42.5 Å². The van der Waals surface area contributed by atoms with Crippen LogP contribution in [0.1, 0.15) is 40.8 Å². The van der Waals surface area contributed by atoms with E-state index in [0.717, 1.165) is 12.1 Å². The summed E-state index contributed by atoms with van der Waals surface area (Å²) >= 11 is 0.